The third kappa shape index (κ3) is 2.90. The van der Waals surface area contributed by atoms with Gasteiger partial charge in [0.15, 0.2) is 5.78 Å². The molecule has 19 heavy (non-hydrogen) atoms. The van der Waals surface area contributed by atoms with E-state index in [9.17, 15) is 28.1 Å². The molecule has 0 saturated heterocycles. The number of hydrogen-bond donors (Lipinski definition) is 0. The van der Waals surface area contributed by atoms with Crippen molar-refractivity contribution in [2.45, 2.75) is 6.18 Å². The number of hydrogen-bond acceptors (Lipinski definition) is 4. The van der Waals surface area contributed by atoms with Gasteiger partial charge in [0.2, 0.25) is 0 Å². The fourth-order valence-electron chi connectivity index (χ4n) is 1.46. The number of nitro groups is 1. The van der Waals surface area contributed by atoms with Gasteiger partial charge < -0.3 is 0 Å². The smallest absolute Gasteiger partial charge is 0.293 e. The highest BCUT2D eigenvalue weighted by Crippen LogP contribution is 2.38. The number of halogens is 4. The first-order chi connectivity index (χ1) is 8.73. The molecule has 100 valence electrons. The number of nitriles is 1. The van der Waals surface area contributed by atoms with Crippen LogP contribution in [-0.2, 0) is 6.18 Å². The molecule has 0 unspecified atom stereocenters. The van der Waals surface area contributed by atoms with Crippen molar-refractivity contribution in [1.82, 2.24) is 0 Å². The maximum atomic E-state index is 12.8. The van der Waals surface area contributed by atoms with E-state index in [1.807, 2.05) is 0 Å². The standard InChI is InChI=1S/C10H4BrF3N2O3/c11-3-7(17)8-6(10(12,13)14)2-1-5(4-15)9(8)16(18)19/h1-2H,3H2. The monoisotopic (exact) mass is 336 g/mol. The van der Waals surface area contributed by atoms with Crippen molar-refractivity contribution in [1.29, 1.82) is 5.26 Å². The lowest BCUT2D eigenvalue weighted by Gasteiger charge is -2.12. The summed E-state index contributed by atoms with van der Waals surface area (Å²) in [5.41, 5.74) is -4.25. The van der Waals surface area contributed by atoms with E-state index < -0.39 is 44.6 Å². The molecule has 0 bridgehead atoms. The van der Waals surface area contributed by atoms with Gasteiger partial charge in [0, 0.05) is 0 Å². The van der Waals surface area contributed by atoms with Crippen molar-refractivity contribution in [2.75, 3.05) is 5.33 Å². The van der Waals surface area contributed by atoms with Crippen molar-refractivity contribution < 1.29 is 22.9 Å². The second-order valence-electron chi connectivity index (χ2n) is 3.31. The summed E-state index contributed by atoms with van der Waals surface area (Å²) < 4.78 is 38.3. The van der Waals surface area contributed by atoms with Crippen LogP contribution < -0.4 is 0 Å². The number of Topliss-reactive ketones (excluding diaryl/α,β-unsaturated/α-hetero) is 1. The number of benzene rings is 1. The summed E-state index contributed by atoms with van der Waals surface area (Å²) in [5, 5.41) is 19.0. The average Bonchev–Trinajstić information content (AvgIpc) is 2.34. The topological polar surface area (TPSA) is 84.0 Å². The van der Waals surface area contributed by atoms with E-state index in [1.54, 1.807) is 0 Å². The first kappa shape index (κ1) is 15.1. The molecule has 0 aromatic heterocycles. The van der Waals surface area contributed by atoms with Crippen LogP contribution in [0.5, 0.6) is 0 Å². The molecule has 0 radical (unpaired) electrons. The molecule has 1 aromatic carbocycles. The Balaban J connectivity index is 3.81. The van der Waals surface area contributed by atoms with Crippen LogP contribution in [0.4, 0.5) is 18.9 Å². The molecule has 0 atom stereocenters. The van der Waals surface area contributed by atoms with Crippen LogP contribution in [0.1, 0.15) is 21.5 Å². The van der Waals surface area contributed by atoms with E-state index in [0.717, 1.165) is 0 Å². The molecule has 0 spiro atoms. The number of ketones is 1. The fourth-order valence-corrected chi connectivity index (χ4v) is 1.74. The zero-order chi connectivity index (χ0) is 14.8. The van der Waals surface area contributed by atoms with E-state index >= 15 is 0 Å². The van der Waals surface area contributed by atoms with Gasteiger partial charge in [-0.1, -0.05) is 15.9 Å². The van der Waals surface area contributed by atoms with Gasteiger partial charge >= 0.3 is 6.18 Å². The molecule has 0 aliphatic heterocycles. The molecular formula is C10H4BrF3N2O3. The average molecular weight is 337 g/mol. The van der Waals surface area contributed by atoms with E-state index in [0.29, 0.717) is 12.1 Å². The minimum atomic E-state index is -4.92. The summed E-state index contributed by atoms with van der Waals surface area (Å²) in [4.78, 5) is 21.2. The SMILES string of the molecule is N#Cc1ccc(C(F)(F)F)c(C(=O)CBr)c1[N+](=O)[O-]. The minimum absolute atomic E-state index is 0.488. The highest BCUT2D eigenvalue weighted by atomic mass is 79.9. The first-order valence-electron chi connectivity index (χ1n) is 4.61. The van der Waals surface area contributed by atoms with Gasteiger partial charge in [-0.3, -0.25) is 14.9 Å². The van der Waals surface area contributed by atoms with Crippen molar-refractivity contribution in [2.24, 2.45) is 0 Å². The Bertz CT molecular complexity index is 593. The number of carbonyl (C=O) groups excluding carboxylic acids is 1. The van der Waals surface area contributed by atoms with Gasteiger partial charge in [-0.15, -0.1) is 0 Å². The number of nitro benzene ring substituents is 1. The normalized spacial score (nSPS) is 10.9. The summed E-state index contributed by atoms with van der Waals surface area (Å²) in [6.07, 6.45) is -4.92. The molecule has 9 heteroatoms. The van der Waals surface area contributed by atoms with Gasteiger partial charge in [0.05, 0.1) is 15.8 Å². The molecule has 1 aromatic rings. The lowest BCUT2D eigenvalue weighted by molar-refractivity contribution is -0.385. The Kier molecular flexibility index (Phi) is 4.26. The maximum absolute atomic E-state index is 12.8. The molecule has 5 nitrogen and oxygen atoms in total. The summed E-state index contributed by atoms with van der Waals surface area (Å²) in [5.74, 6) is -1.11. The van der Waals surface area contributed by atoms with Crippen LogP contribution >= 0.6 is 15.9 Å². The van der Waals surface area contributed by atoms with E-state index in [-0.39, 0.29) is 0 Å². The Morgan fingerprint density at radius 3 is 2.42 bits per heavy atom. The molecule has 0 aliphatic rings. The zero-order valence-electron chi connectivity index (χ0n) is 8.99. The molecule has 0 N–H and O–H groups in total. The Morgan fingerprint density at radius 2 is 2.05 bits per heavy atom. The van der Waals surface area contributed by atoms with Crippen LogP contribution in [0.2, 0.25) is 0 Å². The summed E-state index contributed by atoms with van der Waals surface area (Å²) >= 11 is 2.66. The van der Waals surface area contributed by atoms with Gasteiger partial charge in [-0.2, -0.15) is 18.4 Å². The van der Waals surface area contributed by atoms with Crippen LogP contribution in [0.3, 0.4) is 0 Å². The second kappa shape index (κ2) is 5.36. The molecule has 0 amide bonds. The molecule has 0 saturated carbocycles. The lowest BCUT2D eigenvalue weighted by atomic mass is 9.98. The van der Waals surface area contributed by atoms with Crippen LogP contribution in [0.15, 0.2) is 12.1 Å². The predicted octanol–water partition coefficient (Wildman–Crippen LogP) is 3.06. The molecule has 1 rings (SSSR count). The molecular weight excluding hydrogens is 333 g/mol. The van der Waals surface area contributed by atoms with Crippen molar-refractivity contribution in [3.05, 3.63) is 38.9 Å². The van der Waals surface area contributed by atoms with E-state index in [1.165, 1.54) is 6.07 Å². The molecule has 0 fully saturated rings. The fraction of sp³-hybridized carbons (Fsp3) is 0.200. The highest BCUT2D eigenvalue weighted by Gasteiger charge is 2.40. The number of carbonyl (C=O) groups is 1. The van der Waals surface area contributed by atoms with Crippen molar-refractivity contribution in [3.8, 4) is 6.07 Å². The van der Waals surface area contributed by atoms with Gasteiger partial charge in [-0.05, 0) is 12.1 Å². The van der Waals surface area contributed by atoms with Crippen molar-refractivity contribution in [3.63, 3.8) is 0 Å². The number of rotatable bonds is 3. The largest absolute Gasteiger partial charge is 0.417 e. The van der Waals surface area contributed by atoms with Crippen molar-refractivity contribution >= 4 is 27.4 Å². The third-order valence-corrected chi connectivity index (χ3v) is 2.70. The third-order valence-electron chi connectivity index (χ3n) is 2.19. The molecule has 0 aliphatic carbocycles. The first-order valence-corrected chi connectivity index (χ1v) is 5.74. The van der Waals surface area contributed by atoms with E-state index in [2.05, 4.69) is 15.9 Å². The van der Waals surface area contributed by atoms with Gasteiger partial charge in [-0.25, -0.2) is 0 Å². The highest BCUT2D eigenvalue weighted by molar-refractivity contribution is 9.09. The van der Waals surface area contributed by atoms with Crippen LogP contribution in [0, 0.1) is 21.4 Å². The van der Waals surface area contributed by atoms with Gasteiger partial charge in [0.25, 0.3) is 5.69 Å². The summed E-state index contributed by atoms with van der Waals surface area (Å²) in [6.45, 7) is 0. The second-order valence-corrected chi connectivity index (χ2v) is 3.87. The van der Waals surface area contributed by atoms with Gasteiger partial charge in [0.1, 0.15) is 17.2 Å². The van der Waals surface area contributed by atoms with Crippen LogP contribution in [0.25, 0.3) is 0 Å². The zero-order valence-corrected chi connectivity index (χ0v) is 10.6. The van der Waals surface area contributed by atoms with Crippen LogP contribution in [-0.4, -0.2) is 16.0 Å². The Morgan fingerprint density at radius 1 is 1.47 bits per heavy atom. The number of nitrogens with zero attached hydrogens (tertiary/aromatic N) is 2. The summed E-state index contributed by atoms with van der Waals surface area (Å²) in [6, 6.07) is 2.56. The quantitative estimate of drug-likeness (QED) is 0.367. The Labute approximate surface area is 112 Å². The summed E-state index contributed by atoms with van der Waals surface area (Å²) in [7, 11) is 0. The molecule has 0 heterocycles. The maximum Gasteiger partial charge on any atom is 0.417 e. The number of alkyl halides is 4. The Hall–Kier alpha value is -1.95. The predicted molar refractivity (Wildman–Crippen MR) is 60.9 cm³/mol. The minimum Gasteiger partial charge on any atom is -0.293 e. The lowest BCUT2D eigenvalue weighted by Crippen LogP contribution is -2.17. The van der Waals surface area contributed by atoms with E-state index in [4.69, 9.17) is 5.26 Å².